The molecule has 2 aliphatic rings. The number of hydrogen-bond acceptors (Lipinski definition) is 5. The highest BCUT2D eigenvalue weighted by Crippen LogP contribution is 2.44. The number of aliphatic carboxylic acids is 1. The minimum atomic E-state index is -0.979. The summed E-state index contributed by atoms with van der Waals surface area (Å²) in [5, 5.41) is 12.0. The summed E-state index contributed by atoms with van der Waals surface area (Å²) in [6.07, 6.45) is 2.42. The fourth-order valence-electron chi connectivity index (χ4n) is 4.78. The number of carboxylic acids is 1. The first kappa shape index (κ1) is 23.8. The van der Waals surface area contributed by atoms with Crippen LogP contribution < -0.4 is 5.32 Å². The number of carbonyl (C=O) groups is 3. The van der Waals surface area contributed by atoms with Gasteiger partial charge in [-0.3, -0.25) is 4.79 Å². The smallest absolute Gasteiger partial charge is 0.407 e. The van der Waals surface area contributed by atoms with Crippen molar-refractivity contribution in [1.29, 1.82) is 0 Å². The average Bonchev–Trinajstić information content (AvgIpc) is 2.97. The van der Waals surface area contributed by atoms with Gasteiger partial charge in [0.25, 0.3) is 0 Å². The Morgan fingerprint density at radius 1 is 0.971 bits per heavy atom. The number of benzene rings is 2. The molecule has 0 radical (unpaired) electrons. The van der Waals surface area contributed by atoms with Gasteiger partial charge >= 0.3 is 12.1 Å². The van der Waals surface area contributed by atoms with E-state index in [0.29, 0.717) is 13.0 Å². The van der Waals surface area contributed by atoms with Crippen molar-refractivity contribution < 1.29 is 29.0 Å². The first-order chi connectivity index (χ1) is 16.6. The molecule has 2 aromatic rings. The largest absolute Gasteiger partial charge is 0.480 e. The van der Waals surface area contributed by atoms with Crippen LogP contribution in [0.5, 0.6) is 0 Å². The van der Waals surface area contributed by atoms with Gasteiger partial charge in [-0.15, -0.1) is 0 Å². The molecule has 1 atom stereocenters. The molecule has 8 heteroatoms. The molecule has 180 valence electrons. The minimum absolute atomic E-state index is 0.0113. The molecule has 2 amide bonds. The van der Waals surface area contributed by atoms with E-state index in [2.05, 4.69) is 29.6 Å². The van der Waals surface area contributed by atoms with E-state index in [9.17, 15) is 19.5 Å². The van der Waals surface area contributed by atoms with Crippen molar-refractivity contribution in [1.82, 2.24) is 10.2 Å². The van der Waals surface area contributed by atoms with Crippen molar-refractivity contribution >= 4 is 18.0 Å². The zero-order chi connectivity index (χ0) is 23.9. The van der Waals surface area contributed by atoms with Gasteiger partial charge in [-0.05, 0) is 35.1 Å². The van der Waals surface area contributed by atoms with Crippen LogP contribution in [0.3, 0.4) is 0 Å². The van der Waals surface area contributed by atoms with E-state index in [1.807, 2.05) is 24.3 Å². The third-order valence-corrected chi connectivity index (χ3v) is 6.44. The van der Waals surface area contributed by atoms with Crippen molar-refractivity contribution in [3.8, 4) is 11.1 Å². The standard InChI is InChI=1S/C26H30N2O6/c29-24(28-14-7-1-2-12-23(28)25(30)31)17-33-15-13-27-26(32)34-16-22-20-10-5-3-8-18(20)19-9-4-6-11-21(19)22/h3-6,8-11,22-23H,1-2,7,12-17H2,(H,27,32)(H,30,31). The van der Waals surface area contributed by atoms with E-state index in [0.717, 1.165) is 30.4 Å². The predicted molar refractivity (Wildman–Crippen MR) is 125 cm³/mol. The lowest BCUT2D eigenvalue weighted by molar-refractivity contribution is -0.152. The van der Waals surface area contributed by atoms with E-state index in [4.69, 9.17) is 9.47 Å². The molecule has 1 unspecified atom stereocenters. The molecular formula is C26H30N2O6. The van der Waals surface area contributed by atoms with Crippen LogP contribution in [-0.4, -0.2) is 66.9 Å². The Balaban J connectivity index is 1.19. The lowest BCUT2D eigenvalue weighted by Crippen LogP contribution is -2.46. The van der Waals surface area contributed by atoms with Crippen LogP contribution in [0, 0.1) is 0 Å². The highest BCUT2D eigenvalue weighted by atomic mass is 16.5. The van der Waals surface area contributed by atoms with E-state index >= 15 is 0 Å². The van der Waals surface area contributed by atoms with Crippen molar-refractivity contribution in [3.63, 3.8) is 0 Å². The van der Waals surface area contributed by atoms with E-state index in [1.165, 1.54) is 16.0 Å². The molecule has 34 heavy (non-hydrogen) atoms. The van der Waals surface area contributed by atoms with E-state index in [1.54, 1.807) is 0 Å². The maximum atomic E-state index is 12.4. The minimum Gasteiger partial charge on any atom is -0.480 e. The van der Waals surface area contributed by atoms with Gasteiger partial charge in [0.15, 0.2) is 0 Å². The Kier molecular flexibility index (Phi) is 7.80. The Labute approximate surface area is 198 Å². The number of rotatable bonds is 8. The molecule has 0 saturated carbocycles. The lowest BCUT2D eigenvalue weighted by atomic mass is 9.98. The maximum absolute atomic E-state index is 12.4. The van der Waals surface area contributed by atoms with Gasteiger partial charge in [0, 0.05) is 19.0 Å². The second kappa shape index (κ2) is 11.2. The second-order valence-electron chi connectivity index (χ2n) is 8.60. The fourth-order valence-corrected chi connectivity index (χ4v) is 4.78. The quantitative estimate of drug-likeness (QED) is 0.578. The number of carboxylic acid groups (broad SMARTS) is 1. The summed E-state index contributed by atoms with van der Waals surface area (Å²) in [6.45, 7) is 0.756. The van der Waals surface area contributed by atoms with Crippen LogP contribution >= 0.6 is 0 Å². The van der Waals surface area contributed by atoms with Crippen LogP contribution in [0.25, 0.3) is 11.1 Å². The molecule has 1 heterocycles. The number of fused-ring (bicyclic) bond motifs is 3. The van der Waals surface area contributed by atoms with Crippen LogP contribution in [0.2, 0.25) is 0 Å². The Morgan fingerprint density at radius 2 is 1.65 bits per heavy atom. The number of alkyl carbamates (subject to hydrolysis) is 1. The SMILES string of the molecule is O=C(NCCOCC(=O)N1CCCCCC1C(=O)O)OCC1c2ccccc2-c2ccccc21. The molecule has 8 nitrogen and oxygen atoms in total. The molecule has 2 N–H and O–H groups in total. The summed E-state index contributed by atoms with van der Waals surface area (Å²) < 4.78 is 10.9. The molecule has 1 aliphatic heterocycles. The number of likely N-dealkylation sites (tertiary alicyclic amines) is 1. The van der Waals surface area contributed by atoms with E-state index in [-0.39, 0.29) is 38.2 Å². The van der Waals surface area contributed by atoms with Gasteiger partial charge in [-0.1, -0.05) is 61.4 Å². The maximum Gasteiger partial charge on any atom is 0.407 e. The molecule has 4 rings (SSSR count). The molecule has 2 aromatic carbocycles. The number of nitrogens with zero attached hydrogens (tertiary/aromatic N) is 1. The number of carbonyl (C=O) groups excluding carboxylic acids is 2. The zero-order valence-corrected chi connectivity index (χ0v) is 19.1. The second-order valence-corrected chi connectivity index (χ2v) is 8.60. The van der Waals surface area contributed by atoms with Gasteiger partial charge in [-0.25, -0.2) is 9.59 Å². The molecule has 0 aromatic heterocycles. The lowest BCUT2D eigenvalue weighted by Gasteiger charge is -2.26. The predicted octanol–water partition coefficient (Wildman–Crippen LogP) is 3.40. The van der Waals surface area contributed by atoms with E-state index < -0.39 is 18.1 Å². The molecular weight excluding hydrogens is 436 g/mol. The van der Waals surface area contributed by atoms with Crippen LogP contribution in [0.15, 0.2) is 48.5 Å². The monoisotopic (exact) mass is 466 g/mol. The average molecular weight is 467 g/mol. The number of nitrogens with one attached hydrogen (secondary N) is 1. The van der Waals surface area contributed by atoms with Crippen molar-refractivity contribution in [2.75, 3.05) is 32.9 Å². The highest BCUT2D eigenvalue weighted by molar-refractivity contribution is 5.84. The zero-order valence-electron chi connectivity index (χ0n) is 19.1. The molecule has 1 aliphatic carbocycles. The van der Waals surface area contributed by atoms with Gasteiger partial charge in [-0.2, -0.15) is 0 Å². The summed E-state index contributed by atoms with van der Waals surface area (Å²) in [5.41, 5.74) is 4.62. The van der Waals surface area contributed by atoms with Crippen molar-refractivity contribution in [2.45, 2.75) is 37.6 Å². The van der Waals surface area contributed by atoms with Crippen LogP contribution in [-0.2, 0) is 19.1 Å². The number of hydrogen-bond donors (Lipinski definition) is 2. The first-order valence-electron chi connectivity index (χ1n) is 11.7. The first-order valence-corrected chi connectivity index (χ1v) is 11.7. The molecule has 0 spiro atoms. The van der Waals surface area contributed by atoms with Gasteiger partial charge in [0.2, 0.25) is 5.91 Å². The van der Waals surface area contributed by atoms with Crippen LogP contribution in [0.4, 0.5) is 4.79 Å². The van der Waals surface area contributed by atoms with Gasteiger partial charge < -0.3 is 24.8 Å². The topological polar surface area (TPSA) is 105 Å². The van der Waals surface area contributed by atoms with Gasteiger partial charge in [0.05, 0.1) is 6.61 Å². The third-order valence-electron chi connectivity index (χ3n) is 6.44. The Bertz CT molecular complexity index is 994. The summed E-state index contributed by atoms with van der Waals surface area (Å²) in [4.78, 5) is 37.5. The summed E-state index contributed by atoms with van der Waals surface area (Å²) in [5.74, 6) is -1.33. The van der Waals surface area contributed by atoms with Crippen molar-refractivity contribution in [3.05, 3.63) is 59.7 Å². The third kappa shape index (κ3) is 5.39. The van der Waals surface area contributed by atoms with Gasteiger partial charge in [0.1, 0.15) is 19.3 Å². The Hall–Kier alpha value is -3.39. The number of ether oxygens (including phenoxy) is 2. The Morgan fingerprint density at radius 3 is 2.32 bits per heavy atom. The summed E-state index contributed by atoms with van der Waals surface area (Å²) >= 11 is 0. The molecule has 0 bridgehead atoms. The summed E-state index contributed by atoms with van der Waals surface area (Å²) in [7, 11) is 0. The highest BCUT2D eigenvalue weighted by Gasteiger charge is 2.31. The number of amides is 2. The normalized spacial score (nSPS) is 17.4. The van der Waals surface area contributed by atoms with Crippen molar-refractivity contribution in [2.24, 2.45) is 0 Å². The molecule has 1 saturated heterocycles. The molecule has 1 fully saturated rings. The van der Waals surface area contributed by atoms with Crippen LogP contribution in [0.1, 0.15) is 42.7 Å². The fraction of sp³-hybridized carbons (Fsp3) is 0.423. The summed E-state index contributed by atoms with van der Waals surface area (Å²) in [6, 6.07) is 15.5.